The first-order valence-corrected chi connectivity index (χ1v) is 11.8. The van der Waals surface area contributed by atoms with E-state index in [-0.39, 0.29) is 18.4 Å². The molecule has 0 aliphatic carbocycles. The molecule has 0 spiro atoms. The van der Waals surface area contributed by atoms with E-state index in [4.69, 9.17) is 35.5 Å². The quantitative estimate of drug-likeness (QED) is 0.431. The van der Waals surface area contributed by atoms with E-state index in [1.165, 1.54) is 19.4 Å². The molecule has 8 nitrogen and oxygen atoms in total. The Morgan fingerprint density at radius 2 is 1.51 bits per heavy atom. The van der Waals surface area contributed by atoms with Crippen LogP contribution < -0.4 is 4.74 Å². The van der Waals surface area contributed by atoms with Gasteiger partial charge in [-0.25, -0.2) is 0 Å². The summed E-state index contributed by atoms with van der Waals surface area (Å²) in [5.41, 5.74) is -1.42. The van der Waals surface area contributed by atoms with Crippen molar-refractivity contribution in [3.8, 4) is 5.75 Å². The average Bonchev–Trinajstić information content (AvgIpc) is 2.87. The van der Waals surface area contributed by atoms with Gasteiger partial charge in [0.1, 0.15) is 17.4 Å². The van der Waals surface area contributed by atoms with E-state index >= 15 is 0 Å². The van der Waals surface area contributed by atoms with Crippen LogP contribution in [-0.2, 0) is 28.7 Å². The molecule has 0 unspecified atom stereocenters. The summed E-state index contributed by atoms with van der Waals surface area (Å²) in [5.74, 6) is -1.07. The van der Waals surface area contributed by atoms with Gasteiger partial charge in [0.15, 0.2) is 5.41 Å². The van der Waals surface area contributed by atoms with Crippen LogP contribution in [0.3, 0.4) is 0 Å². The number of carbonyl (C=O) groups excluding carboxylic acids is 2. The molecule has 0 bridgehead atoms. The first-order valence-electron chi connectivity index (χ1n) is 11.4. The number of hydroxylamine groups is 2. The smallest absolute Gasteiger partial charge is 0.325 e. The summed E-state index contributed by atoms with van der Waals surface area (Å²) < 4.78 is 15.8. The fourth-order valence-corrected chi connectivity index (χ4v) is 5.52. The monoisotopic (exact) mass is 503 g/mol. The molecule has 4 rings (SSSR count). The molecule has 4 atom stereocenters. The molecule has 0 radical (unpaired) electrons. The van der Waals surface area contributed by atoms with Crippen molar-refractivity contribution in [3.05, 3.63) is 64.7 Å². The van der Waals surface area contributed by atoms with E-state index in [9.17, 15) is 9.59 Å². The summed E-state index contributed by atoms with van der Waals surface area (Å²) in [5, 5.41) is 1.89. The van der Waals surface area contributed by atoms with E-state index in [1.807, 2.05) is 31.2 Å². The molecule has 2 aliphatic heterocycles. The van der Waals surface area contributed by atoms with Gasteiger partial charge < -0.3 is 14.2 Å². The number of carbonyl (C=O) groups is 2. The van der Waals surface area contributed by atoms with Gasteiger partial charge >= 0.3 is 11.9 Å². The molecule has 2 aromatic rings. The molecule has 0 saturated carbocycles. The highest BCUT2D eigenvalue weighted by Gasteiger charge is 2.72. The highest BCUT2D eigenvalue weighted by molar-refractivity contribution is 6.30. The molecule has 0 amide bonds. The number of benzene rings is 2. The Morgan fingerprint density at radius 3 is 2.06 bits per heavy atom. The second-order valence-corrected chi connectivity index (χ2v) is 9.56. The van der Waals surface area contributed by atoms with Crippen LogP contribution in [0.25, 0.3) is 0 Å². The number of esters is 2. The minimum absolute atomic E-state index is 0.00856. The molecule has 35 heavy (non-hydrogen) atoms. The Labute approximate surface area is 209 Å². The molecule has 2 aromatic carbocycles. The lowest BCUT2D eigenvalue weighted by Crippen LogP contribution is -2.73. The Morgan fingerprint density at radius 1 is 0.943 bits per heavy atom. The first kappa shape index (κ1) is 25.4. The van der Waals surface area contributed by atoms with Crippen molar-refractivity contribution in [2.75, 3.05) is 21.3 Å². The van der Waals surface area contributed by atoms with E-state index in [2.05, 4.69) is 0 Å². The highest BCUT2D eigenvalue weighted by atomic mass is 35.5. The van der Waals surface area contributed by atoms with Gasteiger partial charge in [-0.3, -0.25) is 19.3 Å². The van der Waals surface area contributed by atoms with Crippen LogP contribution >= 0.6 is 11.6 Å². The number of methoxy groups -OCH3 is 3. The van der Waals surface area contributed by atoms with Gasteiger partial charge in [0.2, 0.25) is 0 Å². The summed E-state index contributed by atoms with van der Waals surface area (Å²) in [6.07, 6.45) is -0.428. The van der Waals surface area contributed by atoms with Crippen molar-refractivity contribution >= 4 is 23.5 Å². The van der Waals surface area contributed by atoms with Crippen molar-refractivity contribution in [2.45, 2.75) is 50.4 Å². The van der Waals surface area contributed by atoms with Crippen LogP contribution in [0.2, 0.25) is 5.02 Å². The maximum absolute atomic E-state index is 13.6. The van der Waals surface area contributed by atoms with Gasteiger partial charge in [-0.15, -0.1) is 0 Å². The Bertz CT molecular complexity index is 1060. The van der Waals surface area contributed by atoms with Gasteiger partial charge in [0.05, 0.1) is 27.4 Å². The molecule has 2 heterocycles. The highest BCUT2D eigenvalue weighted by Crippen LogP contribution is 2.59. The molecule has 2 aliphatic rings. The fraction of sp³-hybridized carbons (Fsp3) is 0.462. The second-order valence-electron chi connectivity index (χ2n) is 9.12. The summed E-state index contributed by atoms with van der Waals surface area (Å²) in [6.45, 7) is 3.71. The van der Waals surface area contributed by atoms with Gasteiger partial charge in [-0.1, -0.05) is 41.1 Å². The molecule has 2 saturated heterocycles. The van der Waals surface area contributed by atoms with E-state index in [0.717, 1.165) is 11.1 Å². The van der Waals surface area contributed by atoms with Crippen LogP contribution in [0.1, 0.15) is 49.8 Å². The summed E-state index contributed by atoms with van der Waals surface area (Å²) in [4.78, 5) is 39.8. The average molecular weight is 504 g/mol. The number of halogens is 1. The number of rotatable bonds is 5. The predicted molar refractivity (Wildman–Crippen MR) is 128 cm³/mol. The van der Waals surface area contributed by atoms with Crippen molar-refractivity contribution in [3.63, 3.8) is 0 Å². The predicted octanol–water partition coefficient (Wildman–Crippen LogP) is 4.63. The summed E-state index contributed by atoms with van der Waals surface area (Å²) >= 11 is 6.08. The lowest BCUT2D eigenvalue weighted by Gasteiger charge is -2.60. The second kappa shape index (κ2) is 9.78. The SMILES string of the molecule is COC(=O)C1(C(=O)OC)C[C@@H](c2ccc(Cl)cc2)ON2O[C@H](C)C[C@@H](c3ccc(OC)cc3)[C@@]21C. The molecule has 0 aromatic heterocycles. The third-order valence-electron chi connectivity index (χ3n) is 7.31. The first-order chi connectivity index (χ1) is 16.7. The van der Waals surface area contributed by atoms with E-state index in [0.29, 0.717) is 17.2 Å². The largest absolute Gasteiger partial charge is 0.497 e. The third kappa shape index (κ3) is 4.08. The molecule has 2 fully saturated rings. The molecule has 0 N–H and O–H groups in total. The summed E-state index contributed by atoms with van der Waals surface area (Å²) in [7, 11) is 4.13. The number of fused-ring (bicyclic) bond motifs is 1. The van der Waals surface area contributed by atoms with Crippen molar-refractivity contribution in [2.24, 2.45) is 5.41 Å². The Balaban J connectivity index is 1.91. The van der Waals surface area contributed by atoms with Crippen LogP contribution in [-0.4, -0.2) is 50.1 Å². The lowest BCUT2D eigenvalue weighted by atomic mass is 9.57. The van der Waals surface area contributed by atoms with Gasteiger partial charge in [0.25, 0.3) is 0 Å². The van der Waals surface area contributed by atoms with E-state index < -0.39 is 29.0 Å². The van der Waals surface area contributed by atoms with Crippen molar-refractivity contribution in [1.29, 1.82) is 0 Å². The van der Waals surface area contributed by atoms with Crippen LogP contribution in [0.15, 0.2) is 48.5 Å². The van der Waals surface area contributed by atoms with Crippen LogP contribution in [0.5, 0.6) is 5.75 Å². The van der Waals surface area contributed by atoms with Crippen LogP contribution in [0.4, 0.5) is 0 Å². The standard InChI is InChI=1S/C26H30ClNO7/c1-16-14-21(17-8-12-20(31-3)13-9-17)25(2)26(23(29)32-4,24(30)33-5)15-22(35-28(25)34-16)18-6-10-19(27)11-7-18/h6-13,16,21-22H,14-15H2,1-5H3/t16-,21+,22+,25-/m1/s1. The van der Waals surface area contributed by atoms with Crippen LogP contribution in [0, 0.1) is 5.41 Å². The summed E-state index contributed by atoms with van der Waals surface area (Å²) in [6, 6.07) is 14.6. The third-order valence-corrected chi connectivity index (χ3v) is 7.56. The van der Waals surface area contributed by atoms with Gasteiger partial charge in [-0.2, -0.15) is 0 Å². The topological polar surface area (TPSA) is 83.5 Å². The van der Waals surface area contributed by atoms with E-state index in [1.54, 1.807) is 38.3 Å². The fourth-order valence-electron chi connectivity index (χ4n) is 5.39. The lowest BCUT2D eigenvalue weighted by molar-refractivity contribution is -0.490. The Hall–Kier alpha value is -2.65. The molecular weight excluding hydrogens is 474 g/mol. The van der Waals surface area contributed by atoms with Crippen molar-refractivity contribution in [1.82, 2.24) is 5.23 Å². The number of hydrogen-bond acceptors (Lipinski definition) is 8. The zero-order valence-electron chi connectivity index (χ0n) is 20.4. The Kier molecular flexibility index (Phi) is 7.11. The normalized spacial score (nSPS) is 28.0. The maximum atomic E-state index is 13.6. The van der Waals surface area contributed by atoms with Gasteiger partial charge in [-0.05, 0) is 55.7 Å². The molecular formula is C26H30ClNO7. The van der Waals surface area contributed by atoms with Crippen molar-refractivity contribution < 1.29 is 33.5 Å². The number of ether oxygens (including phenoxy) is 3. The molecule has 9 heteroatoms. The maximum Gasteiger partial charge on any atom is 0.325 e. The minimum atomic E-state index is -1.76. The zero-order valence-corrected chi connectivity index (χ0v) is 21.2. The molecule has 188 valence electrons. The number of hydrogen-bond donors (Lipinski definition) is 0. The zero-order chi connectivity index (χ0) is 25.4. The van der Waals surface area contributed by atoms with Gasteiger partial charge in [0, 0.05) is 17.4 Å². The minimum Gasteiger partial charge on any atom is -0.497 e. The number of nitrogens with zero attached hydrogens (tertiary/aromatic N) is 1.